The Balaban J connectivity index is 0. The zero-order chi connectivity index (χ0) is 20.2. The van der Waals surface area contributed by atoms with Crippen LogP contribution < -0.4 is 72.8 Å². The van der Waals surface area contributed by atoms with E-state index in [4.69, 9.17) is 5.73 Å². The molecule has 1 aliphatic carbocycles. The first kappa shape index (κ1) is 27.6. The fourth-order valence-electron chi connectivity index (χ4n) is 2.98. The molecule has 5 N–H and O–H groups in total. The predicted molar refractivity (Wildman–Crippen MR) is 107 cm³/mol. The van der Waals surface area contributed by atoms with Gasteiger partial charge in [0.2, 0.25) is 5.91 Å². The van der Waals surface area contributed by atoms with E-state index < -0.39 is 6.04 Å². The molecule has 0 aromatic carbocycles. The fourth-order valence-corrected chi connectivity index (χ4v) is 2.98. The van der Waals surface area contributed by atoms with Crippen molar-refractivity contribution >= 4 is 23.9 Å². The smallest absolute Gasteiger partial charge is 1.00 e. The number of urea groups is 1. The van der Waals surface area contributed by atoms with Crippen LogP contribution in [0.2, 0.25) is 0 Å². The summed E-state index contributed by atoms with van der Waals surface area (Å²) < 4.78 is 0. The van der Waals surface area contributed by atoms with Crippen LogP contribution in [0.25, 0.3) is 5.73 Å². The quantitative estimate of drug-likeness (QED) is 0.190. The number of ketones is 1. The first-order valence-electron chi connectivity index (χ1n) is 9.63. The monoisotopic (exact) mass is 423 g/mol. The molecule has 1 aliphatic rings. The Morgan fingerprint density at radius 2 is 1.89 bits per heavy atom. The van der Waals surface area contributed by atoms with E-state index in [1.807, 2.05) is 6.92 Å². The second-order valence-electron chi connectivity index (χ2n) is 7.02. The van der Waals surface area contributed by atoms with Gasteiger partial charge in [-0.05, 0) is 38.0 Å². The number of Topliss-reactive ketones (excluding diaryl/α,β-unsaturated/α-hetero) is 1. The van der Waals surface area contributed by atoms with E-state index in [9.17, 15) is 14.4 Å². The summed E-state index contributed by atoms with van der Waals surface area (Å²) in [6.45, 7) is 4.15. The second-order valence-corrected chi connectivity index (χ2v) is 7.02. The maximum atomic E-state index is 11.8. The molecule has 0 aromatic rings. The van der Waals surface area contributed by atoms with Crippen LogP contribution in [-0.4, -0.2) is 56.2 Å². The van der Waals surface area contributed by atoms with Crippen molar-refractivity contribution in [3.8, 4) is 0 Å². The molecule has 1 rings (SSSR count). The summed E-state index contributed by atoms with van der Waals surface area (Å²) in [5.74, 6) is 0.391. The van der Waals surface area contributed by atoms with Crippen LogP contribution in [-0.2, 0) is 9.59 Å². The zero-order valence-electron chi connectivity index (χ0n) is 18.5. The minimum absolute atomic E-state index is 0. The first-order valence-corrected chi connectivity index (χ1v) is 9.63. The van der Waals surface area contributed by atoms with E-state index >= 15 is 0 Å². The third-order valence-electron chi connectivity index (χ3n) is 4.90. The van der Waals surface area contributed by atoms with Crippen LogP contribution in [0, 0.1) is 11.8 Å². The van der Waals surface area contributed by atoms with Gasteiger partial charge in [0.15, 0.2) is 0 Å². The summed E-state index contributed by atoms with van der Waals surface area (Å²) >= 11 is 0. The Bertz CT molecular complexity index is 528. The molecule has 10 heteroatoms. The summed E-state index contributed by atoms with van der Waals surface area (Å²) in [5.41, 5.74) is 9.77. The molecule has 0 radical (unpaired) electrons. The molecular formula is C18H34KN6O3-. The van der Waals surface area contributed by atoms with Gasteiger partial charge in [-0.15, -0.1) is 0 Å². The van der Waals surface area contributed by atoms with Crippen LogP contribution >= 0.6 is 0 Å². The molecule has 0 bridgehead atoms. The van der Waals surface area contributed by atoms with Gasteiger partial charge in [-0.25, -0.2) is 10.2 Å². The number of carbonyl (C=O) groups excluding carboxylic acids is 3. The summed E-state index contributed by atoms with van der Waals surface area (Å²) in [6.07, 6.45) is 5.81. The van der Waals surface area contributed by atoms with Crippen LogP contribution in [0.4, 0.5) is 4.79 Å². The molecule has 0 aliphatic heterocycles. The molecule has 0 saturated heterocycles. The van der Waals surface area contributed by atoms with E-state index in [0.717, 1.165) is 25.7 Å². The fraction of sp³-hybridized carbons (Fsp3) is 0.778. The molecule has 3 amide bonds. The zero-order valence-corrected chi connectivity index (χ0v) is 20.6. The van der Waals surface area contributed by atoms with Crippen molar-refractivity contribution in [3.63, 3.8) is 0 Å². The summed E-state index contributed by atoms with van der Waals surface area (Å²) in [4.78, 5) is 34.9. The van der Waals surface area contributed by atoms with E-state index in [2.05, 4.69) is 26.5 Å². The van der Waals surface area contributed by atoms with Crippen LogP contribution in [0.1, 0.15) is 47.4 Å². The van der Waals surface area contributed by atoms with Crippen molar-refractivity contribution < 1.29 is 67.2 Å². The van der Waals surface area contributed by atoms with Crippen molar-refractivity contribution in [1.29, 1.82) is 0 Å². The Hall–Kier alpha value is -0.364. The number of hydrogen-bond donors (Lipinski definition) is 4. The average molecular weight is 424 g/mol. The molecule has 156 valence electrons. The van der Waals surface area contributed by atoms with Crippen molar-refractivity contribution in [2.75, 3.05) is 20.1 Å². The van der Waals surface area contributed by atoms with Crippen LogP contribution in [0.3, 0.4) is 0 Å². The van der Waals surface area contributed by atoms with E-state index in [1.54, 1.807) is 13.3 Å². The van der Waals surface area contributed by atoms with Gasteiger partial charge in [0.05, 0.1) is 6.54 Å². The number of amides is 3. The Labute approximate surface area is 211 Å². The molecule has 1 unspecified atom stereocenters. The van der Waals surface area contributed by atoms with Gasteiger partial charge in [-0.2, -0.15) is 5.10 Å². The van der Waals surface area contributed by atoms with E-state index in [1.165, 1.54) is 6.92 Å². The molecule has 9 nitrogen and oxygen atoms in total. The Morgan fingerprint density at radius 3 is 2.43 bits per heavy atom. The topological polar surface area (TPSA) is 135 Å². The van der Waals surface area contributed by atoms with Gasteiger partial charge in [-0.3, -0.25) is 9.59 Å². The predicted octanol–water partition coefficient (Wildman–Crippen LogP) is -1.68. The van der Waals surface area contributed by atoms with Gasteiger partial charge >= 0.3 is 57.4 Å². The van der Waals surface area contributed by atoms with E-state index in [0.29, 0.717) is 18.9 Å². The largest absolute Gasteiger partial charge is 1.00 e. The molecule has 28 heavy (non-hydrogen) atoms. The number of nitrogens with zero attached hydrogens (tertiary/aromatic N) is 1. The van der Waals surface area contributed by atoms with Crippen molar-refractivity contribution in [3.05, 3.63) is 5.73 Å². The summed E-state index contributed by atoms with van der Waals surface area (Å²) in [6, 6.07) is -1.26. The van der Waals surface area contributed by atoms with Gasteiger partial charge in [-0.1, -0.05) is 19.9 Å². The first-order chi connectivity index (χ1) is 12.9. The number of rotatable bonds is 10. The third kappa shape index (κ3) is 11.0. The molecule has 0 heterocycles. The van der Waals surface area contributed by atoms with Crippen LogP contribution in [0.15, 0.2) is 5.10 Å². The summed E-state index contributed by atoms with van der Waals surface area (Å²) in [5, 5.41) is 12.4. The van der Waals surface area contributed by atoms with Crippen molar-refractivity contribution in [1.82, 2.24) is 21.4 Å². The molecule has 1 fully saturated rings. The van der Waals surface area contributed by atoms with Gasteiger partial charge in [0, 0.05) is 31.8 Å². The number of hydrogen-bond acceptors (Lipinski definition) is 5. The SMILES string of the molecule is CC[C@@H](/C=N/NC(=O)NCC1CCC(C(=O)NC)CC1)NCC(=O)C(C)[NH-].[3H-].[K+]. The van der Waals surface area contributed by atoms with Crippen molar-refractivity contribution in [2.45, 2.75) is 58.0 Å². The standard InChI is InChI=1S/C18H33N6O3.K.H/c1-4-15(21-11-16(25)12(2)19)10-23-24-18(27)22-9-13-5-7-14(8-6-13)17(26)20-3;;/h10,12-15,19,21H,4-9,11H2,1-3H3,(H,20,26)(H2,22,24,27);;/q-1;+1;-1/b23-10+;;/t12?,13?,14?,15-;;/m0../s1/i;;1+2. The Morgan fingerprint density at radius 1 is 1.25 bits per heavy atom. The van der Waals surface area contributed by atoms with Gasteiger partial charge in [0.1, 0.15) is 5.78 Å². The molecule has 0 spiro atoms. The third-order valence-corrected chi connectivity index (χ3v) is 4.90. The molecule has 1 saturated carbocycles. The van der Waals surface area contributed by atoms with Crippen LogP contribution in [0.5, 0.6) is 0 Å². The van der Waals surface area contributed by atoms with E-state index in [-0.39, 0.29) is 89.0 Å². The maximum Gasteiger partial charge on any atom is 1.00 e. The molecular weight excluding hydrogens is 387 g/mol. The second kappa shape index (κ2) is 15.5. The maximum absolute atomic E-state index is 11.8. The van der Waals surface area contributed by atoms with Gasteiger partial charge < -0.3 is 23.1 Å². The normalized spacial score (nSPS) is 21.3. The minimum atomic E-state index is -0.748. The number of carbonyl (C=O) groups is 3. The number of hydrazone groups is 1. The minimum Gasteiger partial charge on any atom is -1.00 e. The van der Waals surface area contributed by atoms with Crippen molar-refractivity contribution in [2.24, 2.45) is 16.9 Å². The average Bonchev–Trinajstić information content (AvgIpc) is 2.68. The number of nitrogens with one attached hydrogen (secondary N) is 5. The summed E-state index contributed by atoms with van der Waals surface area (Å²) in [7, 11) is 1.66. The molecule has 2 atom stereocenters. The Kier molecular flexibility index (Phi) is 15.3. The molecule has 0 aromatic heterocycles. The van der Waals surface area contributed by atoms with Gasteiger partial charge in [0.25, 0.3) is 0 Å².